The number of rotatable bonds is 10. The van der Waals surface area contributed by atoms with E-state index in [4.69, 9.17) is 13.9 Å². The van der Waals surface area contributed by atoms with Crippen molar-refractivity contribution in [2.75, 3.05) is 24.8 Å². The summed E-state index contributed by atoms with van der Waals surface area (Å²) in [5.41, 5.74) is 1.56. The molecule has 2 aromatic heterocycles. The molecule has 2 aromatic carbocycles. The summed E-state index contributed by atoms with van der Waals surface area (Å²) in [6.45, 7) is 4.86. The van der Waals surface area contributed by atoms with E-state index in [1.165, 1.54) is 11.8 Å². The Balaban J connectivity index is 1.44. The van der Waals surface area contributed by atoms with Crippen LogP contribution >= 0.6 is 11.8 Å². The zero-order chi connectivity index (χ0) is 24.8. The second-order valence-electron chi connectivity index (χ2n) is 7.59. The van der Waals surface area contributed by atoms with Gasteiger partial charge in [-0.25, -0.2) is 4.79 Å². The average Bonchev–Trinajstić information content (AvgIpc) is 3.49. The first-order valence-corrected chi connectivity index (χ1v) is 12.2. The molecule has 0 fully saturated rings. The number of esters is 1. The van der Waals surface area contributed by atoms with Crippen molar-refractivity contribution in [3.8, 4) is 17.3 Å². The molecule has 0 bridgehead atoms. The van der Waals surface area contributed by atoms with Crippen LogP contribution < -0.4 is 10.1 Å². The molecule has 0 radical (unpaired) electrons. The minimum absolute atomic E-state index is 0.122. The van der Waals surface area contributed by atoms with Crippen LogP contribution in [0, 0.1) is 0 Å². The Hall–Kier alpha value is -3.79. The highest BCUT2D eigenvalue weighted by Crippen LogP contribution is 2.33. The predicted molar refractivity (Wildman–Crippen MR) is 134 cm³/mol. The molecule has 0 aliphatic heterocycles. The molecule has 0 saturated carbocycles. The number of hydrogen-bond donors (Lipinski definition) is 1. The van der Waals surface area contributed by atoms with Gasteiger partial charge in [-0.05, 0) is 43.7 Å². The number of carbonyl (C=O) groups excluding carboxylic acids is 2. The summed E-state index contributed by atoms with van der Waals surface area (Å²) in [5.74, 6) is 1.27. The highest BCUT2D eigenvalue weighted by atomic mass is 32.2. The summed E-state index contributed by atoms with van der Waals surface area (Å²) in [6.07, 6.45) is 0.744. The van der Waals surface area contributed by atoms with E-state index in [0.717, 1.165) is 11.8 Å². The lowest BCUT2D eigenvalue weighted by molar-refractivity contribution is -0.113. The van der Waals surface area contributed by atoms with Crippen LogP contribution in [0.2, 0.25) is 0 Å². The van der Waals surface area contributed by atoms with Crippen molar-refractivity contribution < 1.29 is 23.5 Å². The molecular formula is C25H26N4O5S. The van der Waals surface area contributed by atoms with Gasteiger partial charge in [-0.1, -0.05) is 36.9 Å². The monoisotopic (exact) mass is 494 g/mol. The van der Waals surface area contributed by atoms with Crippen molar-refractivity contribution >= 4 is 40.3 Å². The van der Waals surface area contributed by atoms with E-state index < -0.39 is 5.97 Å². The summed E-state index contributed by atoms with van der Waals surface area (Å²) in [5, 5.41) is 12.9. The molecule has 1 N–H and O–H groups in total. The molecule has 9 nitrogen and oxygen atoms in total. The summed E-state index contributed by atoms with van der Waals surface area (Å²) in [6, 6.07) is 14.3. The molecule has 0 aliphatic carbocycles. The van der Waals surface area contributed by atoms with E-state index in [2.05, 4.69) is 15.5 Å². The van der Waals surface area contributed by atoms with Crippen LogP contribution in [0.4, 0.5) is 5.69 Å². The highest BCUT2D eigenvalue weighted by Gasteiger charge is 2.19. The minimum atomic E-state index is -0.413. The largest absolute Gasteiger partial charge is 0.493 e. The molecule has 0 unspecified atom stereocenters. The minimum Gasteiger partial charge on any atom is -0.493 e. The molecule has 1 amide bonds. The maximum Gasteiger partial charge on any atom is 0.338 e. The topological polar surface area (TPSA) is 108 Å². The number of hydrogen-bond acceptors (Lipinski definition) is 8. The molecule has 4 rings (SSSR count). The molecule has 0 aliphatic rings. The Morgan fingerprint density at radius 3 is 2.71 bits per heavy atom. The second-order valence-corrected chi connectivity index (χ2v) is 8.54. The number of carbonyl (C=O) groups is 2. The SMILES string of the molecule is CCCOC(=O)c1cccc(NC(=O)CSc2nnc(-c3cc4cccc(OC)c4o3)n2CC)c1. The van der Waals surface area contributed by atoms with Crippen molar-refractivity contribution in [1.82, 2.24) is 14.8 Å². The zero-order valence-electron chi connectivity index (χ0n) is 19.7. The standard InChI is InChI=1S/C25H26N4O5S/c1-4-12-33-24(31)17-9-6-10-18(13-17)26-21(30)15-35-25-28-27-23(29(25)5-2)20-14-16-8-7-11-19(32-3)22(16)34-20/h6-11,13-14H,4-5,12,15H2,1-3H3,(H,26,30). The molecule has 0 atom stereocenters. The van der Waals surface area contributed by atoms with E-state index in [1.807, 2.05) is 42.7 Å². The number of fused-ring (bicyclic) bond motifs is 1. The first-order chi connectivity index (χ1) is 17.0. The number of furan rings is 1. The second kappa shape index (κ2) is 11.1. The number of ether oxygens (including phenoxy) is 2. The fourth-order valence-corrected chi connectivity index (χ4v) is 4.30. The van der Waals surface area contributed by atoms with Crippen molar-refractivity contribution in [3.63, 3.8) is 0 Å². The third-order valence-electron chi connectivity index (χ3n) is 5.13. The van der Waals surface area contributed by atoms with Gasteiger partial charge in [0.2, 0.25) is 11.7 Å². The van der Waals surface area contributed by atoms with E-state index in [9.17, 15) is 9.59 Å². The Labute approximate surface area is 206 Å². The molecule has 0 saturated heterocycles. The van der Waals surface area contributed by atoms with Crippen LogP contribution in [0.15, 0.2) is 58.1 Å². The third kappa shape index (κ3) is 5.48. The number of methoxy groups -OCH3 is 1. The van der Waals surface area contributed by atoms with Crippen molar-refractivity contribution in [2.45, 2.75) is 32.0 Å². The molecule has 2 heterocycles. The lowest BCUT2D eigenvalue weighted by atomic mass is 10.2. The summed E-state index contributed by atoms with van der Waals surface area (Å²) < 4.78 is 18.4. The third-order valence-corrected chi connectivity index (χ3v) is 6.10. The smallest absolute Gasteiger partial charge is 0.338 e. The van der Waals surface area contributed by atoms with Crippen molar-refractivity contribution in [2.24, 2.45) is 0 Å². The van der Waals surface area contributed by atoms with Gasteiger partial charge in [0.15, 0.2) is 22.2 Å². The van der Waals surface area contributed by atoms with Crippen LogP contribution in [-0.2, 0) is 16.1 Å². The van der Waals surface area contributed by atoms with E-state index in [-0.39, 0.29) is 11.7 Å². The molecule has 35 heavy (non-hydrogen) atoms. The summed E-state index contributed by atoms with van der Waals surface area (Å²) >= 11 is 1.27. The number of amides is 1. The highest BCUT2D eigenvalue weighted by molar-refractivity contribution is 7.99. The first kappa shape index (κ1) is 24.3. The number of nitrogens with zero attached hydrogens (tertiary/aromatic N) is 3. The number of thioether (sulfide) groups is 1. The average molecular weight is 495 g/mol. The van der Waals surface area contributed by atoms with E-state index >= 15 is 0 Å². The Bertz CT molecular complexity index is 1350. The fourth-order valence-electron chi connectivity index (χ4n) is 3.50. The molecular weight excluding hydrogens is 468 g/mol. The number of nitrogens with one attached hydrogen (secondary N) is 1. The fraction of sp³-hybridized carbons (Fsp3) is 0.280. The van der Waals surface area contributed by atoms with Gasteiger partial charge < -0.3 is 19.2 Å². The lowest BCUT2D eigenvalue weighted by Crippen LogP contribution is -2.15. The van der Waals surface area contributed by atoms with Crippen molar-refractivity contribution in [3.05, 3.63) is 54.1 Å². The quantitative estimate of drug-likeness (QED) is 0.242. The number of benzene rings is 2. The normalized spacial score (nSPS) is 10.9. The maximum absolute atomic E-state index is 12.6. The lowest BCUT2D eigenvalue weighted by Gasteiger charge is -2.08. The van der Waals surface area contributed by atoms with Crippen LogP contribution in [0.3, 0.4) is 0 Å². The van der Waals surface area contributed by atoms with Crippen molar-refractivity contribution in [1.29, 1.82) is 0 Å². The van der Waals surface area contributed by atoms with Crippen LogP contribution in [0.25, 0.3) is 22.6 Å². The summed E-state index contributed by atoms with van der Waals surface area (Å²) in [7, 11) is 1.60. The van der Waals surface area contributed by atoms with Gasteiger partial charge in [0.05, 0.1) is 25.0 Å². The Morgan fingerprint density at radius 1 is 1.11 bits per heavy atom. The summed E-state index contributed by atoms with van der Waals surface area (Å²) in [4.78, 5) is 24.6. The number of aromatic nitrogens is 3. The van der Waals surface area contributed by atoms with Gasteiger partial charge in [0, 0.05) is 17.6 Å². The molecule has 182 valence electrons. The van der Waals surface area contributed by atoms with Gasteiger partial charge >= 0.3 is 5.97 Å². The van der Waals surface area contributed by atoms with Crippen LogP contribution in [-0.4, -0.2) is 46.1 Å². The molecule has 0 spiro atoms. The maximum atomic E-state index is 12.6. The van der Waals surface area contributed by atoms with Gasteiger partial charge in [0.1, 0.15) is 0 Å². The van der Waals surface area contributed by atoms with Crippen LogP contribution in [0.1, 0.15) is 30.6 Å². The van der Waals surface area contributed by atoms with E-state index in [0.29, 0.717) is 52.5 Å². The van der Waals surface area contributed by atoms with Crippen LogP contribution in [0.5, 0.6) is 5.75 Å². The van der Waals surface area contributed by atoms with Gasteiger partial charge in [-0.15, -0.1) is 10.2 Å². The predicted octanol–water partition coefficient (Wildman–Crippen LogP) is 5.02. The Kier molecular flexibility index (Phi) is 7.71. The number of para-hydroxylation sites is 1. The Morgan fingerprint density at radius 2 is 1.94 bits per heavy atom. The number of anilines is 1. The van der Waals surface area contributed by atoms with Gasteiger partial charge in [-0.3, -0.25) is 9.36 Å². The zero-order valence-corrected chi connectivity index (χ0v) is 20.6. The van der Waals surface area contributed by atoms with E-state index in [1.54, 1.807) is 31.4 Å². The van der Waals surface area contributed by atoms with Gasteiger partial charge in [0.25, 0.3) is 0 Å². The molecule has 4 aromatic rings. The molecule has 10 heteroatoms. The van der Waals surface area contributed by atoms with Gasteiger partial charge in [-0.2, -0.15) is 0 Å². The first-order valence-electron chi connectivity index (χ1n) is 11.2.